The summed E-state index contributed by atoms with van der Waals surface area (Å²) in [6.45, 7) is 7.86. The minimum atomic E-state index is 0. The van der Waals surface area contributed by atoms with Crippen LogP contribution in [0.2, 0.25) is 5.02 Å². The highest BCUT2D eigenvalue weighted by Crippen LogP contribution is 2.33. The van der Waals surface area contributed by atoms with Gasteiger partial charge in [0.1, 0.15) is 11.4 Å². The second-order valence-corrected chi connectivity index (χ2v) is 6.83. The number of ether oxygens (including phenoxy) is 1. The van der Waals surface area contributed by atoms with Crippen LogP contribution in [0.25, 0.3) is 26.9 Å². The molecule has 0 aliphatic rings. The summed E-state index contributed by atoms with van der Waals surface area (Å²) in [5, 5.41) is 14.5. The van der Waals surface area contributed by atoms with Gasteiger partial charge in [-0.2, -0.15) is 0 Å². The predicted octanol–water partition coefficient (Wildman–Crippen LogP) is 6.54. The summed E-state index contributed by atoms with van der Waals surface area (Å²) in [7, 11) is 1.59. The molecule has 1 aromatic heterocycles. The smallest absolute Gasteiger partial charge is 0.188 e. The van der Waals surface area contributed by atoms with Crippen molar-refractivity contribution in [2.45, 2.75) is 6.54 Å². The molecule has 0 bridgehead atoms. The molecular formula is C23H18Cl2N4O. The molecule has 1 heterocycles. The lowest BCUT2D eigenvalue weighted by atomic mass is 10.0. The Kier molecular flexibility index (Phi) is 6.73. The topological polar surface area (TPSA) is 51.4 Å². The number of fused-ring (bicyclic) bond motifs is 1. The van der Waals surface area contributed by atoms with Gasteiger partial charge in [0.25, 0.3) is 0 Å². The van der Waals surface area contributed by atoms with Crippen LogP contribution in [0.3, 0.4) is 0 Å². The molecule has 0 aliphatic carbocycles. The van der Waals surface area contributed by atoms with Crippen molar-refractivity contribution in [1.82, 2.24) is 10.2 Å². The van der Waals surface area contributed by atoms with E-state index in [0.29, 0.717) is 28.8 Å². The molecule has 0 spiro atoms. The van der Waals surface area contributed by atoms with Gasteiger partial charge >= 0.3 is 0 Å². The first-order valence-corrected chi connectivity index (χ1v) is 9.37. The number of nitrogens with zero attached hydrogens (tertiary/aromatic N) is 3. The van der Waals surface area contributed by atoms with Crippen molar-refractivity contribution in [3.63, 3.8) is 0 Å². The molecule has 150 valence electrons. The molecule has 0 fully saturated rings. The molecule has 4 aromatic rings. The van der Waals surface area contributed by atoms with Crippen LogP contribution in [-0.4, -0.2) is 17.3 Å². The molecule has 7 heteroatoms. The fourth-order valence-corrected chi connectivity index (χ4v) is 3.44. The molecule has 0 amide bonds. The monoisotopic (exact) mass is 436 g/mol. The third-order valence-corrected chi connectivity index (χ3v) is 4.91. The summed E-state index contributed by atoms with van der Waals surface area (Å²) in [4.78, 5) is 3.56. The molecule has 0 atom stereocenters. The third kappa shape index (κ3) is 4.30. The second-order valence-electron chi connectivity index (χ2n) is 6.43. The zero-order chi connectivity index (χ0) is 20.2. The first-order valence-electron chi connectivity index (χ1n) is 8.99. The number of anilines is 1. The van der Waals surface area contributed by atoms with Crippen molar-refractivity contribution >= 4 is 46.3 Å². The normalized spacial score (nSPS) is 10.2. The Labute approximate surface area is 185 Å². The maximum Gasteiger partial charge on any atom is 0.188 e. The van der Waals surface area contributed by atoms with Crippen LogP contribution >= 0.6 is 24.0 Å². The summed E-state index contributed by atoms with van der Waals surface area (Å²) in [5.74, 6) is 1.26. The van der Waals surface area contributed by atoms with Gasteiger partial charge in [-0.05, 0) is 23.8 Å². The van der Waals surface area contributed by atoms with E-state index in [2.05, 4.69) is 20.4 Å². The van der Waals surface area contributed by atoms with Gasteiger partial charge in [-0.3, -0.25) is 0 Å². The largest absolute Gasteiger partial charge is 0.495 e. The number of rotatable bonds is 5. The third-order valence-electron chi connectivity index (χ3n) is 4.62. The quantitative estimate of drug-likeness (QED) is 0.360. The van der Waals surface area contributed by atoms with Crippen LogP contribution in [-0.2, 0) is 6.54 Å². The number of aromatic nitrogens is 2. The van der Waals surface area contributed by atoms with E-state index in [9.17, 15) is 0 Å². The van der Waals surface area contributed by atoms with Crippen LogP contribution in [0.15, 0.2) is 66.7 Å². The van der Waals surface area contributed by atoms with Gasteiger partial charge in [-0.1, -0.05) is 60.1 Å². The van der Waals surface area contributed by atoms with Crippen LogP contribution < -0.4 is 10.1 Å². The fourth-order valence-electron chi connectivity index (χ4n) is 3.16. The van der Waals surface area contributed by atoms with Crippen molar-refractivity contribution in [2.24, 2.45) is 0 Å². The first-order chi connectivity index (χ1) is 14.2. The summed E-state index contributed by atoms with van der Waals surface area (Å²) >= 11 is 6.22. The van der Waals surface area contributed by atoms with E-state index in [1.165, 1.54) is 0 Å². The van der Waals surface area contributed by atoms with E-state index in [4.69, 9.17) is 22.9 Å². The molecule has 30 heavy (non-hydrogen) atoms. The van der Waals surface area contributed by atoms with E-state index in [0.717, 1.165) is 27.6 Å². The van der Waals surface area contributed by atoms with E-state index >= 15 is 0 Å². The molecular weight excluding hydrogens is 419 g/mol. The molecule has 3 aromatic carbocycles. The van der Waals surface area contributed by atoms with Gasteiger partial charge in [-0.25, -0.2) is 4.85 Å². The van der Waals surface area contributed by atoms with E-state index in [1.807, 2.05) is 60.7 Å². The van der Waals surface area contributed by atoms with Gasteiger partial charge in [0.15, 0.2) is 11.5 Å². The van der Waals surface area contributed by atoms with Gasteiger partial charge in [0.2, 0.25) is 0 Å². The molecule has 0 radical (unpaired) electrons. The van der Waals surface area contributed by atoms with Crippen LogP contribution in [0.4, 0.5) is 11.5 Å². The van der Waals surface area contributed by atoms with Crippen molar-refractivity contribution in [2.75, 3.05) is 12.4 Å². The highest BCUT2D eigenvalue weighted by Gasteiger charge is 2.12. The predicted molar refractivity (Wildman–Crippen MR) is 124 cm³/mol. The van der Waals surface area contributed by atoms with Crippen molar-refractivity contribution < 1.29 is 4.74 Å². The van der Waals surface area contributed by atoms with Crippen molar-refractivity contribution in [3.05, 3.63) is 88.7 Å². The lowest BCUT2D eigenvalue weighted by Gasteiger charge is -2.12. The first kappa shape index (κ1) is 21.4. The van der Waals surface area contributed by atoms with Crippen LogP contribution in [0.5, 0.6) is 5.75 Å². The van der Waals surface area contributed by atoms with Crippen LogP contribution in [0.1, 0.15) is 5.56 Å². The summed E-state index contributed by atoms with van der Waals surface area (Å²) in [5.41, 5.74) is 3.31. The average Bonchev–Trinajstić information content (AvgIpc) is 2.77. The number of benzene rings is 3. The lowest BCUT2D eigenvalue weighted by Crippen LogP contribution is -2.04. The van der Waals surface area contributed by atoms with E-state index < -0.39 is 0 Å². The zero-order valence-electron chi connectivity index (χ0n) is 16.1. The molecule has 1 N–H and O–H groups in total. The van der Waals surface area contributed by atoms with E-state index in [1.54, 1.807) is 13.2 Å². The minimum absolute atomic E-state index is 0. The maximum atomic E-state index is 7.35. The minimum Gasteiger partial charge on any atom is -0.495 e. The van der Waals surface area contributed by atoms with Gasteiger partial charge in [-0.15, -0.1) is 22.6 Å². The van der Waals surface area contributed by atoms with E-state index in [-0.39, 0.29) is 12.4 Å². The van der Waals surface area contributed by atoms with Crippen molar-refractivity contribution in [3.8, 4) is 17.0 Å². The Bertz CT molecular complexity index is 1220. The lowest BCUT2D eigenvalue weighted by molar-refractivity contribution is 0.415. The SMILES string of the molecule is Cl.[C-]#[N+]c1ccc2c(-c3ccccc3)nnc(NCc3ccc(OC)c(Cl)c3)c2c1. The Morgan fingerprint density at radius 2 is 1.80 bits per heavy atom. The molecule has 4 rings (SSSR count). The Hall–Kier alpha value is -3.33. The summed E-state index contributed by atoms with van der Waals surface area (Å²) in [6, 6.07) is 21.1. The zero-order valence-corrected chi connectivity index (χ0v) is 17.7. The molecule has 0 unspecified atom stereocenters. The number of hydrogen-bond acceptors (Lipinski definition) is 4. The molecule has 5 nitrogen and oxygen atoms in total. The maximum absolute atomic E-state index is 7.35. The Morgan fingerprint density at radius 3 is 2.50 bits per heavy atom. The number of nitrogens with one attached hydrogen (secondary N) is 1. The second kappa shape index (κ2) is 9.45. The molecule has 0 saturated heterocycles. The summed E-state index contributed by atoms with van der Waals surface area (Å²) < 4.78 is 5.20. The van der Waals surface area contributed by atoms with Gasteiger partial charge in [0, 0.05) is 22.9 Å². The number of methoxy groups -OCH3 is 1. The molecule has 0 aliphatic heterocycles. The highest BCUT2D eigenvalue weighted by molar-refractivity contribution is 6.32. The van der Waals surface area contributed by atoms with Crippen LogP contribution in [0, 0.1) is 6.57 Å². The Balaban J connectivity index is 0.00000256. The van der Waals surface area contributed by atoms with Crippen molar-refractivity contribution in [1.29, 1.82) is 0 Å². The highest BCUT2D eigenvalue weighted by atomic mass is 35.5. The summed E-state index contributed by atoms with van der Waals surface area (Å²) in [6.07, 6.45) is 0. The average molecular weight is 437 g/mol. The van der Waals surface area contributed by atoms with Gasteiger partial charge in [0.05, 0.1) is 18.7 Å². The Morgan fingerprint density at radius 1 is 1.00 bits per heavy atom. The van der Waals surface area contributed by atoms with Gasteiger partial charge < -0.3 is 10.1 Å². The number of hydrogen-bond donors (Lipinski definition) is 1. The standard InChI is InChI=1S/C23H17ClN4O.ClH/c1-25-17-9-10-18-19(13-17)23(28-27-22(18)16-6-4-3-5-7-16)26-14-15-8-11-21(29-2)20(24)12-15;/h3-13H,14H2,2H3,(H,26,28);1H. The molecule has 0 saturated carbocycles. The fraction of sp³-hybridized carbons (Fsp3) is 0.0870. The number of halogens is 2.